The van der Waals surface area contributed by atoms with E-state index in [2.05, 4.69) is 5.32 Å². The highest BCUT2D eigenvalue weighted by Crippen LogP contribution is 2.34. The second-order valence-electron chi connectivity index (χ2n) is 6.42. The van der Waals surface area contributed by atoms with Gasteiger partial charge in [0.2, 0.25) is 11.8 Å². The topological polar surface area (TPSA) is 52.7 Å². The third-order valence-electron chi connectivity index (χ3n) is 4.13. The zero-order valence-electron chi connectivity index (χ0n) is 15.9. The second-order valence-corrected chi connectivity index (χ2v) is 6.42. The van der Waals surface area contributed by atoms with Crippen molar-refractivity contribution in [1.29, 1.82) is 0 Å². The van der Waals surface area contributed by atoms with Gasteiger partial charge in [-0.1, -0.05) is 12.1 Å². The van der Waals surface area contributed by atoms with Crippen LogP contribution in [-0.2, 0) is 15.8 Å². The maximum Gasteiger partial charge on any atom is 0.418 e. The molecule has 0 saturated heterocycles. The van der Waals surface area contributed by atoms with Crippen LogP contribution in [0.25, 0.3) is 0 Å². The quantitative estimate of drug-likeness (QED) is 0.802. The van der Waals surface area contributed by atoms with E-state index >= 15 is 0 Å². The van der Waals surface area contributed by atoms with E-state index in [9.17, 15) is 22.8 Å². The molecule has 2 amide bonds. The molecule has 0 unspecified atom stereocenters. The van der Waals surface area contributed by atoms with Crippen LogP contribution >= 0.6 is 0 Å². The lowest BCUT2D eigenvalue weighted by Gasteiger charge is -2.22. The summed E-state index contributed by atoms with van der Waals surface area (Å²) in [7, 11) is 3.78. The molecule has 0 aliphatic heterocycles. The van der Waals surface area contributed by atoms with Gasteiger partial charge in [0, 0.05) is 45.4 Å². The van der Waals surface area contributed by atoms with Crippen molar-refractivity contribution in [2.75, 3.05) is 35.8 Å². The highest BCUT2D eigenvalue weighted by molar-refractivity contribution is 5.95. The monoisotopic (exact) mass is 393 g/mol. The normalized spacial score (nSPS) is 11.1. The largest absolute Gasteiger partial charge is 0.418 e. The minimum Gasteiger partial charge on any atom is -0.378 e. The molecule has 1 N–H and O–H groups in total. The Morgan fingerprint density at radius 2 is 1.54 bits per heavy atom. The minimum atomic E-state index is -4.57. The van der Waals surface area contributed by atoms with Gasteiger partial charge in [0.05, 0.1) is 11.3 Å². The summed E-state index contributed by atoms with van der Waals surface area (Å²) in [6.07, 6.45) is -4.70. The zero-order valence-corrected chi connectivity index (χ0v) is 15.9. The Kier molecular flexibility index (Phi) is 6.66. The molecule has 0 spiro atoms. The Hall–Kier alpha value is -3.03. The minimum absolute atomic E-state index is 0.0522. The van der Waals surface area contributed by atoms with Gasteiger partial charge in [0.25, 0.3) is 0 Å². The predicted molar refractivity (Wildman–Crippen MR) is 103 cm³/mol. The SMILES string of the molecule is CC(=O)N(CCC(=O)Nc1ccccc1C(F)(F)F)c1ccc(N(C)C)cc1. The van der Waals surface area contributed by atoms with E-state index in [4.69, 9.17) is 0 Å². The number of nitrogens with zero attached hydrogens (tertiary/aromatic N) is 2. The Bertz CT molecular complexity index is 833. The number of para-hydroxylation sites is 1. The van der Waals surface area contributed by atoms with Crippen molar-refractivity contribution < 1.29 is 22.8 Å². The summed E-state index contributed by atoms with van der Waals surface area (Å²) in [6, 6.07) is 12.0. The number of alkyl halides is 3. The smallest absolute Gasteiger partial charge is 0.378 e. The fourth-order valence-corrected chi connectivity index (χ4v) is 2.66. The number of benzene rings is 2. The van der Waals surface area contributed by atoms with Crippen molar-refractivity contribution in [3.05, 3.63) is 54.1 Å². The second kappa shape index (κ2) is 8.77. The van der Waals surface area contributed by atoms with Gasteiger partial charge >= 0.3 is 6.18 Å². The van der Waals surface area contributed by atoms with Crippen LogP contribution in [0.4, 0.5) is 30.2 Å². The average Bonchev–Trinajstić information content (AvgIpc) is 2.61. The van der Waals surface area contributed by atoms with Crippen molar-refractivity contribution in [2.24, 2.45) is 0 Å². The fourth-order valence-electron chi connectivity index (χ4n) is 2.66. The number of carbonyl (C=O) groups is 2. The number of amides is 2. The first kappa shape index (κ1) is 21.3. The molecule has 0 aliphatic rings. The van der Waals surface area contributed by atoms with Gasteiger partial charge in [0.15, 0.2) is 0 Å². The molecule has 150 valence electrons. The number of hydrogen-bond acceptors (Lipinski definition) is 3. The van der Waals surface area contributed by atoms with Crippen molar-refractivity contribution in [1.82, 2.24) is 0 Å². The summed E-state index contributed by atoms with van der Waals surface area (Å²) < 4.78 is 39.1. The first-order valence-electron chi connectivity index (χ1n) is 8.61. The van der Waals surface area contributed by atoms with Crippen LogP contribution in [-0.4, -0.2) is 32.5 Å². The van der Waals surface area contributed by atoms with Gasteiger partial charge < -0.3 is 15.1 Å². The van der Waals surface area contributed by atoms with Crippen LogP contribution in [0.2, 0.25) is 0 Å². The molecule has 8 heteroatoms. The van der Waals surface area contributed by atoms with E-state index in [0.717, 1.165) is 11.8 Å². The number of anilines is 3. The number of carbonyl (C=O) groups excluding carboxylic acids is 2. The van der Waals surface area contributed by atoms with Crippen molar-refractivity contribution in [3.8, 4) is 0 Å². The summed E-state index contributed by atoms with van der Waals surface area (Å²) in [5.41, 5.74) is 0.353. The number of halogens is 3. The van der Waals surface area contributed by atoms with E-state index in [0.29, 0.717) is 5.69 Å². The van der Waals surface area contributed by atoms with Gasteiger partial charge in [-0.15, -0.1) is 0 Å². The molecule has 0 saturated carbocycles. The third kappa shape index (κ3) is 5.48. The van der Waals surface area contributed by atoms with Crippen molar-refractivity contribution >= 4 is 28.9 Å². The van der Waals surface area contributed by atoms with Crippen LogP contribution < -0.4 is 15.1 Å². The average molecular weight is 393 g/mol. The lowest BCUT2D eigenvalue weighted by Crippen LogP contribution is -2.32. The molecule has 0 atom stereocenters. The highest BCUT2D eigenvalue weighted by atomic mass is 19.4. The molecule has 2 aromatic rings. The van der Waals surface area contributed by atoms with Crippen LogP contribution in [0.5, 0.6) is 0 Å². The van der Waals surface area contributed by atoms with Gasteiger partial charge in [-0.3, -0.25) is 9.59 Å². The number of hydrogen-bond donors (Lipinski definition) is 1. The third-order valence-corrected chi connectivity index (χ3v) is 4.13. The van der Waals surface area contributed by atoms with E-state index < -0.39 is 17.6 Å². The van der Waals surface area contributed by atoms with Crippen LogP contribution in [0.3, 0.4) is 0 Å². The Morgan fingerprint density at radius 3 is 2.07 bits per heavy atom. The maximum absolute atomic E-state index is 13.0. The lowest BCUT2D eigenvalue weighted by molar-refractivity contribution is -0.137. The van der Waals surface area contributed by atoms with Crippen LogP contribution in [0, 0.1) is 0 Å². The van der Waals surface area contributed by atoms with Crippen molar-refractivity contribution in [3.63, 3.8) is 0 Å². The molecule has 2 aromatic carbocycles. The molecule has 0 heterocycles. The Balaban J connectivity index is 2.06. The van der Waals surface area contributed by atoms with Gasteiger partial charge in [-0.05, 0) is 36.4 Å². The Morgan fingerprint density at radius 1 is 0.964 bits per heavy atom. The lowest BCUT2D eigenvalue weighted by atomic mass is 10.1. The summed E-state index contributed by atoms with van der Waals surface area (Å²) in [5.74, 6) is -0.867. The summed E-state index contributed by atoms with van der Waals surface area (Å²) in [5, 5.41) is 2.28. The number of nitrogens with one attached hydrogen (secondary N) is 1. The molecule has 0 aliphatic carbocycles. The van der Waals surface area contributed by atoms with E-state index in [-0.39, 0.29) is 24.6 Å². The molecule has 0 bridgehead atoms. The van der Waals surface area contributed by atoms with Gasteiger partial charge in [0.1, 0.15) is 0 Å². The van der Waals surface area contributed by atoms with Crippen LogP contribution in [0.1, 0.15) is 18.9 Å². The molecule has 2 rings (SSSR count). The van der Waals surface area contributed by atoms with Crippen molar-refractivity contribution in [2.45, 2.75) is 19.5 Å². The molecule has 0 fully saturated rings. The van der Waals surface area contributed by atoms with Gasteiger partial charge in [-0.2, -0.15) is 13.2 Å². The Labute approximate surface area is 161 Å². The van der Waals surface area contributed by atoms with E-state index in [1.165, 1.54) is 30.0 Å². The molecule has 0 aromatic heterocycles. The fraction of sp³-hybridized carbons (Fsp3) is 0.300. The zero-order chi connectivity index (χ0) is 20.9. The van der Waals surface area contributed by atoms with Crippen LogP contribution in [0.15, 0.2) is 48.5 Å². The summed E-state index contributed by atoms with van der Waals surface area (Å²) in [4.78, 5) is 27.4. The van der Waals surface area contributed by atoms with Gasteiger partial charge in [-0.25, -0.2) is 0 Å². The molecule has 28 heavy (non-hydrogen) atoms. The predicted octanol–water partition coefficient (Wildman–Crippen LogP) is 4.15. The first-order valence-corrected chi connectivity index (χ1v) is 8.61. The molecular weight excluding hydrogens is 371 g/mol. The van der Waals surface area contributed by atoms with E-state index in [1.54, 1.807) is 12.1 Å². The summed E-state index contributed by atoms with van der Waals surface area (Å²) in [6.45, 7) is 1.42. The standard InChI is InChI=1S/C20H22F3N3O2/c1-14(27)26(16-10-8-15(9-11-16)25(2)3)13-12-19(28)24-18-7-5-4-6-17(18)20(21,22)23/h4-11H,12-13H2,1-3H3,(H,24,28). The summed E-state index contributed by atoms with van der Waals surface area (Å²) >= 11 is 0. The molecular formula is C20H22F3N3O2. The molecule has 0 radical (unpaired) electrons. The maximum atomic E-state index is 13.0. The molecule has 5 nitrogen and oxygen atoms in total. The first-order chi connectivity index (χ1) is 13.1. The van der Waals surface area contributed by atoms with E-state index in [1.807, 2.05) is 31.1 Å². The number of rotatable bonds is 6. The highest BCUT2D eigenvalue weighted by Gasteiger charge is 2.33.